The van der Waals surface area contributed by atoms with E-state index in [4.69, 9.17) is 16.3 Å². The molecule has 0 saturated carbocycles. The maximum atomic E-state index is 11.8. The van der Waals surface area contributed by atoms with E-state index in [1.54, 1.807) is 0 Å². The third-order valence-electron chi connectivity index (χ3n) is 3.20. The van der Waals surface area contributed by atoms with E-state index in [1.807, 2.05) is 30.3 Å². The molecule has 0 atom stereocenters. The Labute approximate surface area is 155 Å². The van der Waals surface area contributed by atoms with Crippen molar-refractivity contribution in [3.63, 3.8) is 0 Å². The van der Waals surface area contributed by atoms with Crippen molar-refractivity contribution in [1.29, 1.82) is 0 Å². The van der Waals surface area contributed by atoms with Crippen LogP contribution in [0.2, 0.25) is 0 Å². The van der Waals surface area contributed by atoms with Gasteiger partial charge in [-0.2, -0.15) is 0 Å². The normalized spacial score (nSPS) is 9.88. The van der Waals surface area contributed by atoms with Crippen LogP contribution in [0.4, 0.5) is 10.5 Å². The predicted molar refractivity (Wildman–Crippen MR) is 95.8 cm³/mol. The van der Waals surface area contributed by atoms with Crippen LogP contribution in [0.25, 0.3) is 0 Å². The summed E-state index contributed by atoms with van der Waals surface area (Å²) >= 11 is 5.32. The molecule has 0 saturated heterocycles. The molecule has 0 heterocycles. The molecule has 2 aromatic rings. The fourth-order valence-electron chi connectivity index (χ4n) is 1.95. The van der Waals surface area contributed by atoms with E-state index in [9.17, 15) is 14.4 Å². The van der Waals surface area contributed by atoms with Crippen LogP contribution in [0.15, 0.2) is 54.6 Å². The van der Waals surface area contributed by atoms with Gasteiger partial charge < -0.3 is 20.1 Å². The monoisotopic (exact) mass is 376 g/mol. The summed E-state index contributed by atoms with van der Waals surface area (Å²) in [5.41, 5.74) is 1.63. The van der Waals surface area contributed by atoms with Crippen molar-refractivity contribution in [3.8, 4) is 0 Å². The summed E-state index contributed by atoms with van der Waals surface area (Å²) in [7, 11) is 0. The molecule has 2 aromatic carbocycles. The number of carbonyl (C=O) groups excluding carboxylic acids is 3. The van der Waals surface area contributed by atoms with Crippen LogP contribution < -0.4 is 10.6 Å². The van der Waals surface area contributed by atoms with Crippen molar-refractivity contribution in [1.82, 2.24) is 5.32 Å². The van der Waals surface area contributed by atoms with E-state index >= 15 is 0 Å². The lowest BCUT2D eigenvalue weighted by Crippen LogP contribution is -2.33. The standard InChI is InChI=1S/C18H17ClN2O5/c19-12-26-17(23)14-6-8-15(9-7-14)21-16(22)10-20-18(24)25-11-13-4-2-1-3-5-13/h1-9H,10-12H2,(H,20,24)(H,21,22). The molecule has 0 radical (unpaired) electrons. The van der Waals surface area contributed by atoms with E-state index in [-0.39, 0.29) is 19.2 Å². The average Bonchev–Trinajstić information content (AvgIpc) is 2.66. The second kappa shape index (κ2) is 10.0. The lowest BCUT2D eigenvalue weighted by Gasteiger charge is -2.08. The minimum absolute atomic E-state index is 0.119. The third-order valence-corrected chi connectivity index (χ3v) is 3.31. The first-order valence-electron chi connectivity index (χ1n) is 7.66. The molecular weight excluding hydrogens is 360 g/mol. The number of benzene rings is 2. The van der Waals surface area contributed by atoms with Gasteiger partial charge in [-0.1, -0.05) is 41.9 Å². The number of nitrogens with one attached hydrogen (secondary N) is 2. The summed E-state index contributed by atoms with van der Waals surface area (Å²) in [4.78, 5) is 34.9. The van der Waals surface area contributed by atoms with Gasteiger partial charge in [0.25, 0.3) is 0 Å². The van der Waals surface area contributed by atoms with Gasteiger partial charge in [-0.25, -0.2) is 9.59 Å². The first-order valence-corrected chi connectivity index (χ1v) is 8.19. The minimum Gasteiger partial charge on any atom is -0.446 e. The highest BCUT2D eigenvalue weighted by Crippen LogP contribution is 2.10. The highest BCUT2D eigenvalue weighted by atomic mass is 35.5. The number of halogens is 1. The summed E-state index contributed by atoms with van der Waals surface area (Å²) in [5, 5.41) is 4.94. The highest BCUT2D eigenvalue weighted by molar-refractivity contribution is 6.17. The number of anilines is 1. The first-order chi connectivity index (χ1) is 12.6. The van der Waals surface area contributed by atoms with Crippen LogP contribution in [0.1, 0.15) is 15.9 Å². The number of carbonyl (C=O) groups is 3. The van der Waals surface area contributed by atoms with E-state index in [2.05, 4.69) is 15.4 Å². The van der Waals surface area contributed by atoms with Gasteiger partial charge in [0.15, 0.2) is 6.07 Å². The number of hydrogen-bond acceptors (Lipinski definition) is 5. The molecule has 8 heteroatoms. The number of alkyl halides is 1. The van der Waals surface area contributed by atoms with E-state index in [0.717, 1.165) is 5.56 Å². The molecule has 0 fully saturated rings. The smallest absolute Gasteiger partial charge is 0.407 e. The zero-order chi connectivity index (χ0) is 18.8. The van der Waals surface area contributed by atoms with Gasteiger partial charge in [-0.3, -0.25) is 4.79 Å². The number of alkyl carbamates (subject to hydrolysis) is 1. The number of ether oxygens (including phenoxy) is 2. The van der Waals surface area contributed by atoms with Gasteiger partial charge in [-0.05, 0) is 29.8 Å². The second-order valence-electron chi connectivity index (χ2n) is 5.08. The van der Waals surface area contributed by atoms with Crippen molar-refractivity contribution < 1.29 is 23.9 Å². The second-order valence-corrected chi connectivity index (χ2v) is 5.30. The van der Waals surface area contributed by atoms with Crippen LogP contribution in [-0.2, 0) is 20.9 Å². The maximum Gasteiger partial charge on any atom is 0.407 e. The molecule has 2 N–H and O–H groups in total. The molecule has 0 unspecified atom stereocenters. The third kappa shape index (κ3) is 6.45. The highest BCUT2D eigenvalue weighted by Gasteiger charge is 2.09. The molecule has 0 aliphatic rings. The first kappa shape index (κ1) is 19.3. The van der Waals surface area contributed by atoms with Gasteiger partial charge >= 0.3 is 12.1 Å². The molecule has 136 valence electrons. The zero-order valence-electron chi connectivity index (χ0n) is 13.7. The molecule has 0 aliphatic heterocycles. The van der Waals surface area contributed by atoms with E-state index in [1.165, 1.54) is 24.3 Å². The molecule has 0 spiro atoms. The summed E-state index contributed by atoms with van der Waals surface area (Å²) in [5.74, 6) is -0.988. The minimum atomic E-state index is -0.692. The average molecular weight is 377 g/mol. The number of hydrogen-bond donors (Lipinski definition) is 2. The molecule has 0 aromatic heterocycles. The van der Waals surface area contributed by atoms with Crippen LogP contribution in [-0.4, -0.2) is 30.6 Å². The molecule has 0 aliphatic carbocycles. The lowest BCUT2D eigenvalue weighted by molar-refractivity contribution is -0.115. The molecular formula is C18H17ClN2O5. The van der Waals surface area contributed by atoms with Gasteiger partial charge in [-0.15, -0.1) is 0 Å². The van der Waals surface area contributed by atoms with Crippen molar-refractivity contribution in [3.05, 3.63) is 65.7 Å². The maximum absolute atomic E-state index is 11.8. The Balaban J connectivity index is 1.72. The van der Waals surface area contributed by atoms with Gasteiger partial charge in [0.05, 0.1) is 5.56 Å². The van der Waals surface area contributed by atoms with Crippen molar-refractivity contribution in [2.24, 2.45) is 0 Å². The van der Waals surface area contributed by atoms with Gasteiger partial charge in [0.2, 0.25) is 5.91 Å². The van der Waals surface area contributed by atoms with Gasteiger partial charge in [0, 0.05) is 5.69 Å². The summed E-state index contributed by atoms with van der Waals surface area (Å²) in [6, 6.07) is 15.0. The van der Waals surface area contributed by atoms with Crippen molar-refractivity contribution in [2.75, 3.05) is 17.9 Å². The molecule has 26 heavy (non-hydrogen) atoms. The van der Waals surface area contributed by atoms with E-state index < -0.39 is 18.0 Å². The largest absolute Gasteiger partial charge is 0.446 e. The predicted octanol–water partition coefficient (Wildman–Crippen LogP) is 2.90. The topological polar surface area (TPSA) is 93.7 Å². The molecule has 2 rings (SSSR count). The Morgan fingerprint density at radius 2 is 1.62 bits per heavy atom. The summed E-state index contributed by atoms with van der Waals surface area (Å²) < 4.78 is 9.65. The van der Waals surface area contributed by atoms with Gasteiger partial charge in [0.1, 0.15) is 13.2 Å². The Kier molecular flexibility index (Phi) is 7.45. The zero-order valence-corrected chi connectivity index (χ0v) is 14.5. The lowest BCUT2D eigenvalue weighted by atomic mass is 10.2. The fraction of sp³-hybridized carbons (Fsp3) is 0.167. The van der Waals surface area contributed by atoms with E-state index in [0.29, 0.717) is 11.3 Å². The molecule has 0 bridgehead atoms. The Morgan fingerprint density at radius 3 is 2.27 bits per heavy atom. The van der Waals surface area contributed by atoms with Crippen molar-refractivity contribution >= 4 is 35.3 Å². The van der Waals surface area contributed by atoms with Crippen molar-refractivity contribution in [2.45, 2.75) is 6.61 Å². The van der Waals surface area contributed by atoms with Crippen LogP contribution >= 0.6 is 11.6 Å². The number of esters is 1. The SMILES string of the molecule is O=C(CNC(=O)OCc1ccccc1)Nc1ccc(C(=O)OCCl)cc1. The number of amides is 2. The molecule has 7 nitrogen and oxygen atoms in total. The summed E-state index contributed by atoms with van der Waals surface area (Å²) in [6.45, 7) is -0.127. The quantitative estimate of drug-likeness (QED) is 0.572. The Hall–Kier alpha value is -3.06. The fourth-order valence-corrected chi connectivity index (χ4v) is 2.05. The van der Waals surface area contributed by atoms with Crippen LogP contribution in [0, 0.1) is 0 Å². The number of rotatable bonds is 7. The molecule has 2 amide bonds. The van der Waals surface area contributed by atoms with Crippen LogP contribution in [0.3, 0.4) is 0 Å². The Morgan fingerprint density at radius 1 is 0.923 bits per heavy atom. The van der Waals surface area contributed by atoms with Crippen LogP contribution in [0.5, 0.6) is 0 Å². The summed E-state index contributed by atoms with van der Waals surface area (Å²) in [6.07, 6.45) is -0.692. The Bertz CT molecular complexity index is 750.